The predicted octanol–water partition coefficient (Wildman–Crippen LogP) is 1.49. The number of nitrogens with two attached hydrogens (primary N) is 1. The summed E-state index contributed by atoms with van der Waals surface area (Å²) < 4.78 is 5.25. The van der Waals surface area contributed by atoms with Crippen LogP contribution in [0, 0.1) is 10.8 Å². The first kappa shape index (κ1) is 14.0. The smallest absolute Gasteiger partial charge is 0.334 e. The van der Waals surface area contributed by atoms with E-state index in [1.165, 1.54) is 0 Å². The van der Waals surface area contributed by atoms with Gasteiger partial charge in [-0.25, -0.2) is 4.79 Å². The largest absolute Gasteiger partial charge is 0.425 e. The highest BCUT2D eigenvalue weighted by molar-refractivity contribution is 5.85. The number of carbonyl (C=O) groups is 1. The zero-order chi connectivity index (χ0) is 13.8. The van der Waals surface area contributed by atoms with Gasteiger partial charge in [0.1, 0.15) is 11.8 Å². The molecule has 0 saturated heterocycles. The second-order valence-electron chi connectivity index (χ2n) is 5.09. The van der Waals surface area contributed by atoms with E-state index in [0.29, 0.717) is 5.75 Å². The first-order chi connectivity index (χ1) is 8.30. The monoisotopic (exact) mass is 249 g/mol. The van der Waals surface area contributed by atoms with Crippen LogP contribution in [0.1, 0.15) is 20.8 Å². The van der Waals surface area contributed by atoms with Gasteiger partial charge < -0.3 is 15.8 Å². The minimum atomic E-state index is -0.671. The van der Waals surface area contributed by atoms with Crippen LogP contribution in [0.25, 0.3) is 0 Å². The van der Waals surface area contributed by atoms with Crippen molar-refractivity contribution < 1.29 is 9.53 Å². The van der Waals surface area contributed by atoms with E-state index in [1.807, 2.05) is 26.8 Å². The van der Waals surface area contributed by atoms with Gasteiger partial charge in [-0.1, -0.05) is 39.0 Å². The number of nitrogens with one attached hydrogen (secondary N) is 2. The Morgan fingerprint density at radius 3 is 2.33 bits per heavy atom. The van der Waals surface area contributed by atoms with Gasteiger partial charge in [-0.2, -0.15) is 0 Å². The number of benzene rings is 1. The number of esters is 1. The van der Waals surface area contributed by atoms with Crippen molar-refractivity contribution in [3.05, 3.63) is 30.3 Å². The third kappa shape index (κ3) is 4.08. The van der Waals surface area contributed by atoms with Crippen molar-refractivity contribution in [2.75, 3.05) is 0 Å². The predicted molar refractivity (Wildman–Crippen MR) is 70.4 cm³/mol. The second kappa shape index (κ2) is 5.53. The van der Waals surface area contributed by atoms with Crippen LogP contribution >= 0.6 is 0 Å². The fourth-order valence-corrected chi connectivity index (χ4v) is 1.45. The van der Waals surface area contributed by atoms with E-state index in [4.69, 9.17) is 15.9 Å². The molecule has 1 unspecified atom stereocenters. The molecule has 5 heteroatoms. The molecule has 0 fully saturated rings. The fraction of sp³-hybridized carbons (Fsp3) is 0.385. The number of rotatable bonds is 3. The highest BCUT2D eigenvalue weighted by Crippen LogP contribution is 2.21. The number of guanidine groups is 1. The fourth-order valence-electron chi connectivity index (χ4n) is 1.45. The van der Waals surface area contributed by atoms with Crippen LogP contribution in [0.2, 0.25) is 0 Å². The average molecular weight is 249 g/mol. The van der Waals surface area contributed by atoms with E-state index in [2.05, 4.69) is 5.32 Å². The lowest BCUT2D eigenvalue weighted by Gasteiger charge is -2.29. The van der Waals surface area contributed by atoms with Gasteiger partial charge in [0.25, 0.3) is 0 Å². The molecule has 0 aromatic heterocycles. The SMILES string of the molecule is CC(C)(C)C(NC(=N)N)C(=O)Oc1ccccc1. The Hall–Kier alpha value is -2.04. The molecule has 0 heterocycles. The summed E-state index contributed by atoms with van der Waals surface area (Å²) in [4.78, 5) is 12.1. The molecule has 1 rings (SSSR count). The van der Waals surface area contributed by atoms with E-state index >= 15 is 0 Å². The molecule has 98 valence electrons. The molecule has 0 amide bonds. The highest BCUT2D eigenvalue weighted by Gasteiger charge is 2.33. The standard InChI is InChI=1S/C13H19N3O2/c1-13(2,3)10(16-12(14)15)11(17)18-9-7-5-4-6-8-9/h4-8,10H,1-3H3,(H4,14,15,16). The summed E-state index contributed by atoms with van der Waals surface area (Å²) in [6.07, 6.45) is 0. The molecule has 18 heavy (non-hydrogen) atoms. The Morgan fingerprint density at radius 2 is 1.89 bits per heavy atom. The summed E-state index contributed by atoms with van der Waals surface area (Å²) in [7, 11) is 0. The van der Waals surface area contributed by atoms with Gasteiger partial charge in [0.15, 0.2) is 5.96 Å². The normalized spacial score (nSPS) is 12.6. The zero-order valence-corrected chi connectivity index (χ0v) is 10.9. The molecule has 4 N–H and O–H groups in total. The lowest BCUT2D eigenvalue weighted by atomic mass is 9.87. The Labute approximate surface area is 107 Å². The van der Waals surface area contributed by atoms with Gasteiger partial charge in [0, 0.05) is 0 Å². The minimum Gasteiger partial charge on any atom is -0.425 e. The van der Waals surface area contributed by atoms with Crippen molar-refractivity contribution >= 4 is 11.9 Å². The van der Waals surface area contributed by atoms with Crippen LogP contribution in [0.5, 0.6) is 5.75 Å². The number of hydrogen-bond donors (Lipinski definition) is 3. The van der Waals surface area contributed by atoms with Crippen LogP contribution in [0.3, 0.4) is 0 Å². The van der Waals surface area contributed by atoms with Gasteiger partial charge in [-0.3, -0.25) is 5.41 Å². The Balaban J connectivity index is 2.80. The van der Waals surface area contributed by atoms with Crippen LogP contribution < -0.4 is 15.8 Å². The molecule has 0 radical (unpaired) electrons. The van der Waals surface area contributed by atoms with Crippen LogP contribution in [-0.4, -0.2) is 18.0 Å². The molecule has 0 spiro atoms. The van der Waals surface area contributed by atoms with Gasteiger partial charge in [-0.05, 0) is 17.5 Å². The van der Waals surface area contributed by atoms with Gasteiger partial charge in [0.05, 0.1) is 0 Å². The highest BCUT2D eigenvalue weighted by atomic mass is 16.5. The van der Waals surface area contributed by atoms with Crippen molar-refractivity contribution in [2.45, 2.75) is 26.8 Å². The van der Waals surface area contributed by atoms with E-state index in [1.54, 1.807) is 24.3 Å². The van der Waals surface area contributed by atoms with Gasteiger partial charge in [-0.15, -0.1) is 0 Å². The number of hydrogen-bond acceptors (Lipinski definition) is 3. The maximum atomic E-state index is 12.1. The lowest BCUT2D eigenvalue weighted by molar-refractivity contribution is -0.139. The zero-order valence-electron chi connectivity index (χ0n) is 10.9. The molecule has 1 aromatic rings. The molecular weight excluding hydrogens is 230 g/mol. The summed E-state index contributed by atoms with van der Waals surface area (Å²) in [5, 5.41) is 9.86. The maximum absolute atomic E-state index is 12.1. The Kier molecular flexibility index (Phi) is 4.31. The summed E-state index contributed by atoms with van der Waals surface area (Å²) in [6, 6.07) is 8.14. The second-order valence-corrected chi connectivity index (χ2v) is 5.09. The van der Waals surface area contributed by atoms with Gasteiger partial charge >= 0.3 is 5.97 Å². The summed E-state index contributed by atoms with van der Waals surface area (Å²) >= 11 is 0. The third-order valence-electron chi connectivity index (χ3n) is 2.36. The van der Waals surface area contributed by atoms with Crippen molar-refractivity contribution in [1.82, 2.24) is 5.32 Å². The molecule has 5 nitrogen and oxygen atoms in total. The number of carbonyl (C=O) groups excluding carboxylic acids is 1. The molecule has 0 aliphatic carbocycles. The van der Waals surface area contributed by atoms with E-state index in [0.717, 1.165) is 0 Å². The molecular formula is C13H19N3O2. The average Bonchev–Trinajstić information content (AvgIpc) is 2.25. The first-order valence-corrected chi connectivity index (χ1v) is 5.68. The summed E-state index contributed by atoms with van der Waals surface area (Å²) in [6.45, 7) is 5.62. The van der Waals surface area contributed by atoms with Crippen molar-refractivity contribution in [2.24, 2.45) is 11.1 Å². The van der Waals surface area contributed by atoms with E-state index in [-0.39, 0.29) is 5.96 Å². The van der Waals surface area contributed by atoms with Crippen molar-refractivity contribution in [3.63, 3.8) is 0 Å². The van der Waals surface area contributed by atoms with Crippen LogP contribution in [0.4, 0.5) is 0 Å². The summed E-state index contributed by atoms with van der Waals surface area (Å²) in [5.74, 6) is -0.231. The quantitative estimate of drug-likeness (QED) is 0.328. The number of para-hydroxylation sites is 1. The van der Waals surface area contributed by atoms with Crippen molar-refractivity contribution in [1.29, 1.82) is 5.41 Å². The summed E-state index contributed by atoms with van der Waals surface area (Å²) in [5.41, 5.74) is 4.88. The molecule has 0 bridgehead atoms. The Bertz CT molecular complexity index is 424. The topological polar surface area (TPSA) is 88.2 Å². The molecule has 1 aromatic carbocycles. The van der Waals surface area contributed by atoms with Crippen molar-refractivity contribution in [3.8, 4) is 5.75 Å². The van der Waals surface area contributed by atoms with E-state index in [9.17, 15) is 4.79 Å². The molecule has 0 saturated carbocycles. The lowest BCUT2D eigenvalue weighted by Crippen LogP contribution is -2.52. The number of ether oxygens (including phenoxy) is 1. The van der Waals surface area contributed by atoms with E-state index < -0.39 is 17.4 Å². The maximum Gasteiger partial charge on any atom is 0.334 e. The molecule has 0 aliphatic rings. The Morgan fingerprint density at radius 1 is 1.33 bits per heavy atom. The third-order valence-corrected chi connectivity index (χ3v) is 2.36. The molecule has 0 aliphatic heterocycles. The minimum absolute atomic E-state index is 0.250. The van der Waals surface area contributed by atoms with Crippen LogP contribution in [0.15, 0.2) is 30.3 Å². The van der Waals surface area contributed by atoms with Gasteiger partial charge in [0.2, 0.25) is 0 Å². The molecule has 1 atom stereocenters. The first-order valence-electron chi connectivity index (χ1n) is 5.68. The van der Waals surface area contributed by atoms with Crippen LogP contribution in [-0.2, 0) is 4.79 Å².